The maximum absolute atomic E-state index is 14.2. The molecular weight excluding hydrogens is 386 g/mol. The molecule has 0 radical (unpaired) electrons. The van der Waals surface area contributed by atoms with E-state index in [1.807, 2.05) is 0 Å². The number of fused-ring (bicyclic) bond motifs is 2. The van der Waals surface area contributed by atoms with E-state index in [2.05, 4.69) is 10.9 Å². The molecule has 1 aromatic heterocycles. The minimum atomic E-state index is -0.758. The van der Waals surface area contributed by atoms with Gasteiger partial charge < -0.3 is 14.0 Å². The highest BCUT2D eigenvalue weighted by Gasteiger charge is 2.14. The van der Waals surface area contributed by atoms with Crippen molar-refractivity contribution in [3.63, 3.8) is 0 Å². The van der Waals surface area contributed by atoms with Crippen LogP contribution in [0.4, 0.5) is 8.78 Å². The third-order valence-corrected chi connectivity index (χ3v) is 4.99. The summed E-state index contributed by atoms with van der Waals surface area (Å²) in [7, 11) is 0. The molecule has 5 nitrogen and oxygen atoms in total. The maximum Gasteiger partial charge on any atom is 0.272 e. The second-order valence-electron chi connectivity index (χ2n) is 5.81. The number of hydrogen-bond acceptors (Lipinski definition) is 4. The van der Waals surface area contributed by atoms with E-state index in [9.17, 15) is 13.6 Å². The molecule has 1 aliphatic rings. The highest BCUT2D eigenvalue weighted by Crippen LogP contribution is 2.32. The second kappa shape index (κ2) is 7.29. The monoisotopic (exact) mass is 398 g/mol. The molecule has 0 fully saturated rings. The number of halogens is 2. The number of nitrogens with zero attached hydrogens (tertiary/aromatic N) is 2. The third kappa shape index (κ3) is 3.40. The zero-order chi connectivity index (χ0) is 19.7. The summed E-state index contributed by atoms with van der Waals surface area (Å²) in [5, 5.41) is 0. The van der Waals surface area contributed by atoms with Crippen LogP contribution in [-0.4, -0.2) is 17.3 Å². The summed E-state index contributed by atoms with van der Waals surface area (Å²) in [5.41, 5.74) is 0.851. The van der Waals surface area contributed by atoms with Gasteiger partial charge in [-0.2, -0.15) is 4.99 Å². The van der Waals surface area contributed by atoms with E-state index in [0.29, 0.717) is 16.2 Å². The smallest absolute Gasteiger partial charge is 0.272 e. The van der Waals surface area contributed by atoms with Crippen molar-refractivity contribution in [2.45, 2.75) is 6.54 Å². The van der Waals surface area contributed by atoms with Gasteiger partial charge in [-0.1, -0.05) is 23.3 Å². The van der Waals surface area contributed by atoms with Crippen molar-refractivity contribution in [1.29, 1.82) is 0 Å². The summed E-state index contributed by atoms with van der Waals surface area (Å²) >= 11 is 0.988. The van der Waals surface area contributed by atoms with Crippen LogP contribution in [-0.2, 0) is 11.3 Å². The second-order valence-corrected chi connectivity index (χ2v) is 6.81. The quantitative estimate of drug-likeness (QED) is 0.501. The van der Waals surface area contributed by atoms with Gasteiger partial charge in [-0.25, -0.2) is 8.78 Å². The summed E-state index contributed by atoms with van der Waals surface area (Å²) < 4.78 is 39.9. The Bertz CT molecular complexity index is 1230. The first-order valence-corrected chi connectivity index (χ1v) is 8.95. The van der Waals surface area contributed by atoms with Crippen LogP contribution in [0.5, 0.6) is 11.5 Å². The Kier molecular flexibility index (Phi) is 4.67. The number of ether oxygens (including phenoxy) is 2. The molecule has 1 amide bonds. The van der Waals surface area contributed by atoms with Gasteiger partial charge in [-0.3, -0.25) is 4.79 Å². The highest BCUT2D eigenvalue weighted by atomic mass is 32.1. The standard InChI is InChI=1S/C20H12F2N2O3S/c1-2-7-24-19-14(22)9-13(21)10-17(19)28-20(24)23-18(25)6-4-12-3-5-15-16(8-12)27-11-26-15/h1,3-6,8-10H,7,11H2. The number of amides is 1. The molecule has 0 saturated heterocycles. The Balaban J connectivity index is 1.69. The summed E-state index contributed by atoms with van der Waals surface area (Å²) in [6.45, 7) is 0.162. The lowest BCUT2D eigenvalue weighted by molar-refractivity contribution is -0.113. The van der Waals surface area contributed by atoms with Gasteiger partial charge in [0.15, 0.2) is 22.1 Å². The Hall–Kier alpha value is -3.44. The van der Waals surface area contributed by atoms with Crippen molar-refractivity contribution in [2.24, 2.45) is 4.99 Å². The Labute approximate surface area is 162 Å². The Morgan fingerprint density at radius 2 is 2.11 bits per heavy atom. The van der Waals surface area contributed by atoms with E-state index in [4.69, 9.17) is 15.9 Å². The van der Waals surface area contributed by atoms with Crippen LogP contribution >= 0.6 is 11.3 Å². The molecule has 0 bridgehead atoms. The number of aromatic nitrogens is 1. The van der Waals surface area contributed by atoms with Crippen molar-refractivity contribution < 1.29 is 23.0 Å². The average molecular weight is 398 g/mol. The lowest BCUT2D eigenvalue weighted by Gasteiger charge is -2.00. The lowest BCUT2D eigenvalue weighted by atomic mass is 10.2. The van der Waals surface area contributed by atoms with Crippen LogP contribution in [0.15, 0.2) is 41.4 Å². The lowest BCUT2D eigenvalue weighted by Crippen LogP contribution is -2.16. The minimum Gasteiger partial charge on any atom is -0.454 e. The molecule has 0 unspecified atom stereocenters. The Morgan fingerprint density at radius 3 is 2.93 bits per heavy atom. The topological polar surface area (TPSA) is 52.8 Å². The van der Waals surface area contributed by atoms with E-state index in [1.165, 1.54) is 16.7 Å². The first-order valence-electron chi connectivity index (χ1n) is 8.13. The molecule has 8 heteroatoms. The number of rotatable bonds is 3. The van der Waals surface area contributed by atoms with E-state index >= 15 is 0 Å². The maximum atomic E-state index is 14.2. The van der Waals surface area contributed by atoms with Crippen molar-refractivity contribution >= 4 is 33.5 Å². The highest BCUT2D eigenvalue weighted by molar-refractivity contribution is 7.16. The predicted octanol–water partition coefficient (Wildman–Crippen LogP) is 3.48. The van der Waals surface area contributed by atoms with Gasteiger partial charge in [0, 0.05) is 12.1 Å². The molecule has 2 heterocycles. The summed E-state index contributed by atoms with van der Waals surface area (Å²) in [6, 6.07) is 7.21. The van der Waals surface area contributed by atoms with Crippen LogP contribution in [0.3, 0.4) is 0 Å². The van der Waals surface area contributed by atoms with Crippen LogP contribution in [0, 0.1) is 24.0 Å². The summed E-state index contributed by atoms with van der Waals surface area (Å²) in [4.78, 5) is 16.4. The van der Waals surface area contributed by atoms with Gasteiger partial charge in [-0.05, 0) is 29.8 Å². The van der Waals surface area contributed by atoms with Gasteiger partial charge in [0.2, 0.25) is 6.79 Å². The van der Waals surface area contributed by atoms with Crippen molar-refractivity contribution in [2.75, 3.05) is 6.79 Å². The van der Waals surface area contributed by atoms with Crippen molar-refractivity contribution in [3.8, 4) is 23.8 Å². The van der Waals surface area contributed by atoms with E-state index in [0.717, 1.165) is 23.0 Å². The SMILES string of the molecule is C#CCn1c(=NC(=O)C=Cc2ccc3c(c2)OCO3)sc2cc(F)cc(F)c21. The molecule has 1 aliphatic heterocycles. The average Bonchev–Trinajstić information content (AvgIpc) is 3.24. The predicted molar refractivity (Wildman–Crippen MR) is 101 cm³/mol. The number of hydrogen-bond donors (Lipinski definition) is 0. The number of carbonyl (C=O) groups excluding carboxylic acids is 1. The van der Waals surface area contributed by atoms with Crippen LogP contribution in [0.25, 0.3) is 16.3 Å². The van der Waals surface area contributed by atoms with Crippen LogP contribution in [0.2, 0.25) is 0 Å². The molecule has 0 atom stereocenters. The molecule has 0 spiro atoms. The first kappa shape index (κ1) is 17.9. The zero-order valence-electron chi connectivity index (χ0n) is 14.3. The van der Waals surface area contributed by atoms with Gasteiger partial charge in [0.1, 0.15) is 5.82 Å². The van der Waals surface area contributed by atoms with E-state index in [-0.39, 0.29) is 23.7 Å². The molecule has 4 rings (SSSR count). The fraction of sp³-hybridized carbons (Fsp3) is 0.100. The first-order chi connectivity index (χ1) is 13.5. The molecule has 0 N–H and O–H groups in total. The van der Waals surface area contributed by atoms with Gasteiger partial charge >= 0.3 is 0 Å². The van der Waals surface area contributed by atoms with Crippen LogP contribution < -0.4 is 14.3 Å². The van der Waals surface area contributed by atoms with Gasteiger partial charge in [-0.15, -0.1) is 6.42 Å². The van der Waals surface area contributed by atoms with Crippen LogP contribution in [0.1, 0.15) is 5.56 Å². The van der Waals surface area contributed by atoms with E-state index < -0.39 is 17.5 Å². The number of carbonyl (C=O) groups is 1. The molecule has 3 aromatic rings. The Morgan fingerprint density at radius 1 is 1.29 bits per heavy atom. The normalized spacial score (nSPS) is 13.4. The number of terminal acetylenes is 1. The fourth-order valence-electron chi connectivity index (χ4n) is 2.77. The van der Waals surface area contributed by atoms with Crippen molar-refractivity contribution in [3.05, 3.63) is 58.4 Å². The fourth-order valence-corrected chi connectivity index (χ4v) is 3.84. The molecule has 140 valence electrons. The third-order valence-electron chi connectivity index (χ3n) is 3.97. The summed E-state index contributed by atoms with van der Waals surface area (Å²) in [6.07, 6.45) is 8.20. The zero-order valence-corrected chi connectivity index (χ0v) is 15.1. The number of thiazole rings is 1. The number of benzene rings is 2. The van der Waals surface area contributed by atoms with Crippen molar-refractivity contribution in [1.82, 2.24) is 4.57 Å². The van der Waals surface area contributed by atoms with Gasteiger partial charge in [0.05, 0.1) is 16.8 Å². The largest absolute Gasteiger partial charge is 0.454 e. The summed E-state index contributed by atoms with van der Waals surface area (Å²) in [5.74, 6) is 1.61. The molecule has 2 aromatic carbocycles. The van der Waals surface area contributed by atoms with Gasteiger partial charge in [0.25, 0.3) is 5.91 Å². The molecular formula is C20H12F2N2O3S. The molecule has 0 saturated carbocycles. The molecule has 0 aliphatic carbocycles. The minimum absolute atomic E-state index is 0.000537. The molecule has 28 heavy (non-hydrogen) atoms. The van der Waals surface area contributed by atoms with E-state index in [1.54, 1.807) is 24.3 Å².